The zero-order valence-electron chi connectivity index (χ0n) is 13.8. The molecule has 1 heterocycles. The number of amides is 1. The van der Waals surface area contributed by atoms with Crippen LogP contribution in [0.1, 0.15) is 48.2 Å². The van der Waals surface area contributed by atoms with Gasteiger partial charge in [0, 0.05) is 16.8 Å². The highest BCUT2D eigenvalue weighted by atomic mass is 35.5. The molecule has 2 aromatic rings. The lowest BCUT2D eigenvalue weighted by Crippen LogP contribution is -2.22. The van der Waals surface area contributed by atoms with Crippen LogP contribution in [0, 0.1) is 6.92 Å². The maximum Gasteiger partial charge on any atom is 0.274 e. The van der Waals surface area contributed by atoms with E-state index < -0.39 is 0 Å². The van der Waals surface area contributed by atoms with Gasteiger partial charge in [-0.1, -0.05) is 36.9 Å². The van der Waals surface area contributed by atoms with Gasteiger partial charge < -0.3 is 10.6 Å². The Morgan fingerprint density at radius 3 is 2.67 bits per heavy atom. The molecule has 0 saturated heterocycles. The van der Waals surface area contributed by atoms with Crippen LogP contribution in [0.2, 0.25) is 5.02 Å². The Morgan fingerprint density at radius 1 is 1.17 bits per heavy atom. The molecule has 0 unspecified atom stereocenters. The van der Waals surface area contributed by atoms with Crippen LogP contribution in [0.5, 0.6) is 0 Å². The summed E-state index contributed by atoms with van der Waals surface area (Å²) in [6, 6.07) is 9.61. The van der Waals surface area contributed by atoms with Gasteiger partial charge in [-0.2, -0.15) is 0 Å². The molecule has 1 aliphatic carbocycles. The van der Waals surface area contributed by atoms with Gasteiger partial charge in [0.1, 0.15) is 5.69 Å². The minimum atomic E-state index is -0.232. The lowest BCUT2D eigenvalue weighted by atomic mass is 9.95. The fourth-order valence-electron chi connectivity index (χ4n) is 3.01. The van der Waals surface area contributed by atoms with Crippen molar-refractivity contribution in [2.24, 2.45) is 0 Å². The number of rotatable bonds is 4. The minimum Gasteiger partial charge on any atom is -0.381 e. The molecule has 1 aliphatic rings. The molecule has 1 aromatic carbocycles. The van der Waals surface area contributed by atoms with Crippen LogP contribution in [-0.2, 0) is 0 Å². The Labute approximate surface area is 147 Å². The lowest BCUT2D eigenvalue weighted by molar-refractivity contribution is 0.102. The van der Waals surface area contributed by atoms with Crippen LogP contribution in [0.4, 0.5) is 11.4 Å². The first-order chi connectivity index (χ1) is 11.6. The number of aromatic nitrogens is 1. The Balaban J connectivity index is 1.64. The third-order valence-corrected chi connectivity index (χ3v) is 4.65. The first kappa shape index (κ1) is 16.8. The van der Waals surface area contributed by atoms with Gasteiger partial charge in [0.2, 0.25) is 0 Å². The number of nitrogens with one attached hydrogen (secondary N) is 2. The summed E-state index contributed by atoms with van der Waals surface area (Å²) in [4.78, 5) is 16.6. The second-order valence-corrected chi connectivity index (χ2v) is 6.76. The van der Waals surface area contributed by atoms with Crippen LogP contribution in [-0.4, -0.2) is 16.9 Å². The number of carbonyl (C=O) groups is 1. The van der Waals surface area contributed by atoms with Gasteiger partial charge in [-0.05, 0) is 49.6 Å². The van der Waals surface area contributed by atoms with Crippen molar-refractivity contribution in [1.29, 1.82) is 0 Å². The van der Waals surface area contributed by atoms with Gasteiger partial charge in [0.15, 0.2) is 0 Å². The quantitative estimate of drug-likeness (QED) is 0.817. The summed E-state index contributed by atoms with van der Waals surface area (Å²) >= 11 is 5.98. The van der Waals surface area contributed by atoms with Gasteiger partial charge in [-0.25, -0.2) is 4.98 Å². The molecule has 1 amide bonds. The molecule has 3 rings (SSSR count). The molecule has 2 N–H and O–H groups in total. The van der Waals surface area contributed by atoms with E-state index in [0.717, 1.165) is 11.3 Å². The average Bonchev–Trinajstić information content (AvgIpc) is 2.60. The predicted octanol–water partition coefficient (Wildman–Crippen LogP) is 5.04. The Morgan fingerprint density at radius 2 is 1.96 bits per heavy atom. The number of hydrogen-bond donors (Lipinski definition) is 2. The first-order valence-electron chi connectivity index (χ1n) is 8.42. The van der Waals surface area contributed by atoms with Crippen molar-refractivity contribution in [3.63, 3.8) is 0 Å². The molecule has 0 atom stereocenters. The summed E-state index contributed by atoms with van der Waals surface area (Å²) < 4.78 is 0. The second kappa shape index (κ2) is 7.67. The highest BCUT2D eigenvalue weighted by molar-refractivity contribution is 6.31. The van der Waals surface area contributed by atoms with Gasteiger partial charge in [0.05, 0.1) is 11.9 Å². The predicted molar refractivity (Wildman–Crippen MR) is 98.9 cm³/mol. The van der Waals surface area contributed by atoms with Crippen molar-refractivity contribution in [3.8, 4) is 0 Å². The molecule has 4 nitrogen and oxygen atoms in total. The summed E-state index contributed by atoms with van der Waals surface area (Å²) in [5.74, 6) is -0.232. The smallest absolute Gasteiger partial charge is 0.274 e. The highest BCUT2D eigenvalue weighted by Crippen LogP contribution is 2.22. The number of aryl methyl sites for hydroxylation is 1. The van der Waals surface area contributed by atoms with E-state index in [1.165, 1.54) is 32.1 Å². The molecule has 0 bridgehead atoms. The Bertz CT molecular complexity index is 709. The number of nitrogens with zero attached hydrogens (tertiary/aromatic N) is 1. The molecule has 0 spiro atoms. The van der Waals surface area contributed by atoms with E-state index in [1.54, 1.807) is 24.4 Å². The Hall–Kier alpha value is -2.07. The van der Waals surface area contributed by atoms with Crippen molar-refractivity contribution in [2.75, 3.05) is 10.6 Å². The second-order valence-electron chi connectivity index (χ2n) is 6.32. The Kier molecular flexibility index (Phi) is 5.36. The number of anilines is 2. The van der Waals surface area contributed by atoms with Crippen molar-refractivity contribution in [2.45, 2.75) is 45.1 Å². The third-order valence-electron chi connectivity index (χ3n) is 4.42. The maximum atomic E-state index is 12.3. The van der Waals surface area contributed by atoms with E-state index in [0.29, 0.717) is 22.4 Å². The van der Waals surface area contributed by atoms with Crippen molar-refractivity contribution >= 4 is 28.9 Å². The van der Waals surface area contributed by atoms with Crippen LogP contribution in [0.25, 0.3) is 0 Å². The van der Waals surface area contributed by atoms with E-state index in [9.17, 15) is 4.79 Å². The number of pyridine rings is 1. The average molecular weight is 344 g/mol. The summed E-state index contributed by atoms with van der Waals surface area (Å²) in [6.45, 7) is 1.93. The van der Waals surface area contributed by atoms with Gasteiger partial charge in [-0.3, -0.25) is 4.79 Å². The normalized spacial score (nSPS) is 15.1. The summed E-state index contributed by atoms with van der Waals surface area (Å²) in [5, 5.41) is 6.96. The first-order valence-corrected chi connectivity index (χ1v) is 8.80. The molecular formula is C19H22ClN3O. The van der Waals surface area contributed by atoms with E-state index in [1.807, 2.05) is 19.1 Å². The summed E-state index contributed by atoms with van der Waals surface area (Å²) in [6.07, 6.45) is 8.04. The van der Waals surface area contributed by atoms with Crippen LogP contribution >= 0.6 is 11.6 Å². The molecule has 1 saturated carbocycles. The van der Waals surface area contributed by atoms with Gasteiger partial charge in [0.25, 0.3) is 5.91 Å². The van der Waals surface area contributed by atoms with Gasteiger partial charge >= 0.3 is 0 Å². The zero-order chi connectivity index (χ0) is 16.9. The molecule has 0 radical (unpaired) electrons. The van der Waals surface area contributed by atoms with Crippen molar-refractivity contribution in [1.82, 2.24) is 4.98 Å². The fourth-order valence-corrected chi connectivity index (χ4v) is 3.18. The summed E-state index contributed by atoms with van der Waals surface area (Å²) in [5.41, 5.74) is 3.03. The van der Waals surface area contributed by atoms with Crippen LogP contribution in [0.15, 0.2) is 36.5 Å². The van der Waals surface area contributed by atoms with E-state index in [2.05, 4.69) is 15.6 Å². The molecule has 1 aromatic heterocycles. The van der Waals surface area contributed by atoms with Gasteiger partial charge in [-0.15, -0.1) is 0 Å². The molecule has 1 fully saturated rings. The topological polar surface area (TPSA) is 54.0 Å². The number of benzene rings is 1. The lowest BCUT2D eigenvalue weighted by Gasteiger charge is -2.23. The fraction of sp³-hybridized carbons (Fsp3) is 0.368. The zero-order valence-corrected chi connectivity index (χ0v) is 14.6. The molecule has 126 valence electrons. The van der Waals surface area contributed by atoms with Crippen molar-refractivity contribution < 1.29 is 4.79 Å². The number of halogens is 1. The van der Waals surface area contributed by atoms with Crippen LogP contribution < -0.4 is 10.6 Å². The van der Waals surface area contributed by atoms with E-state index >= 15 is 0 Å². The van der Waals surface area contributed by atoms with Crippen molar-refractivity contribution in [3.05, 3.63) is 52.8 Å². The van der Waals surface area contributed by atoms with E-state index in [4.69, 9.17) is 11.6 Å². The molecule has 24 heavy (non-hydrogen) atoms. The number of carbonyl (C=O) groups excluding carboxylic acids is 1. The van der Waals surface area contributed by atoms with E-state index in [-0.39, 0.29) is 5.91 Å². The highest BCUT2D eigenvalue weighted by Gasteiger charge is 2.14. The monoisotopic (exact) mass is 343 g/mol. The largest absolute Gasteiger partial charge is 0.381 e. The minimum absolute atomic E-state index is 0.232. The standard InChI is InChI=1S/C19H22ClN3O/c1-13-7-8-14(20)11-18(13)23-19(24)17-10-9-16(12-21-17)22-15-5-3-2-4-6-15/h7-12,15,22H,2-6H2,1H3,(H,23,24). The summed E-state index contributed by atoms with van der Waals surface area (Å²) in [7, 11) is 0. The number of hydrogen-bond acceptors (Lipinski definition) is 3. The molecule has 5 heteroatoms. The molecular weight excluding hydrogens is 322 g/mol. The van der Waals surface area contributed by atoms with Crippen LogP contribution in [0.3, 0.4) is 0 Å². The molecule has 0 aliphatic heterocycles. The third kappa shape index (κ3) is 4.26. The SMILES string of the molecule is Cc1ccc(Cl)cc1NC(=O)c1ccc(NC2CCCCC2)cn1. The maximum absolute atomic E-state index is 12.3.